The number of rotatable bonds is 3. The molecule has 0 N–H and O–H groups in total. The van der Waals surface area contributed by atoms with Gasteiger partial charge < -0.3 is 10.8 Å². The predicted octanol–water partition coefficient (Wildman–Crippen LogP) is 4.73. The van der Waals surface area contributed by atoms with Crippen LogP contribution in [0.3, 0.4) is 0 Å². The molecule has 22 heavy (non-hydrogen) atoms. The fourth-order valence-corrected chi connectivity index (χ4v) is 4.55. The van der Waals surface area contributed by atoms with Crippen molar-refractivity contribution in [1.29, 1.82) is 0 Å². The van der Waals surface area contributed by atoms with Gasteiger partial charge in [-0.2, -0.15) is 26.3 Å². The van der Waals surface area contributed by atoms with Crippen LogP contribution in [0.15, 0.2) is 12.2 Å². The van der Waals surface area contributed by atoms with E-state index in [2.05, 4.69) is 0 Å². The number of halogens is 6. The van der Waals surface area contributed by atoms with E-state index in [0.717, 1.165) is 6.42 Å². The summed E-state index contributed by atoms with van der Waals surface area (Å²) in [4.78, 5) is 0. The molecule has 125 valence electrons. The zero-order chi connectivity index (χ0) is 16.3. The van der Waals surface area contributed by atoms with Crippen LogP contribution >= 0.6 is 0 Å². The molecule has 9 heteroatoms. The van der Waals surface area contributed by atoms with Gasteiger partial charge in [0.2, 0.25) is 5.60 Å². The molecule has 1 nitrogen and oxygen atoms in total. The van der Waals surface area contributed by atoms with Crippen LogP contribution < -0.4 is 0 Å². The Morgan fingerprint density at radius 2 is 1.50 bits per heavy atom. The van der Waals surface area contributed by atoms with Crippen LogP contribution in [0, 0.1) is 24.2 Å². The summed E-state index contributed by atoms with van der Waals surface area (Å²) >= 11 is 0. The molecule has 0 aliphatic heterocycles. The van der Waals surface area contributed by atoms with Gasteiger partial charge in [0.15, 0.2) is 8.32 Å². The van der Waals surface area contributed by atoms with Crippen molar-refractivity contribution in [2.24, 2.45) is 17.8 Å². The fraction of sp³-hybridized carbons (Fsp3) is 0.769. The fourth-order valence-electron chi connectivity index (χ4n) is 3.22. The molecule has 3 unspecified atom stereocenters. The van der Waals surface area contributed by atoms with Gasteiger partial charge in [0, 0.05) is 32.7 Å². The zero-order valence-electron chi connectivity index (χ0n) is 12.4. The second-order valence-corrected chi connectivity index (χ2v) is 11.0. The number of alkyl halides is 6. The smallest absolute Gasteiger partial charge is 0.399 e. The van der Waals surface area contributed by atoms with Gasteiger partial charge in [-0.1, -0.05) is 12.5 Å². The average Bonchev–Trinajstić information content (AvgIpc) is 2.82. The van der Waals surface area contributed by atoms with Crippen molar-refractivity contribution in [1.82, 2.24) is 0 Å². The molecule has 1 saturated carbocycles. The van der Waals surface area contributed by atoms with E-state index in [1.807, 2.05) is 0 Å². The maximum Gasteiger partial charge on any atom is 0.423 e. The van der Waals surface area contributed by atoms with Crippen LogP contribution in [0.4, 0.5) is 26.3 Å². The average molecular weight is 420 g/mol. The summed E-state index contributed by atoms with van der Waals surface area (Å²) in [5, 5.41) is 0. The van der Waals surface area contributed by atoms with E-state index in [1.165, 1.54) is 25.7 Å². The second-order valence-electron chi connectivity index (χ2n) is 6.61. The Morgan fingerprint density at radius 1 is 1.00 bits per heavy atom. The molecule has 2 rings (SSSR count). The monoisotopic (exact) mass is 420 g/mol. The minimum absolute atomic E-state index is 0. The standard InChI is InChI=1S/C13H17F6OSi.Y/c1-21(2,3)20-11(12(14,15)16,13(17,18)19)10-7-8-4-5-9(10)6-8;/h4-5,7-10H,6H2,1-3H3;/q-1;. The van der Waals surface area contributed by atoms with Gasteiger partial charge in [0.25, 0.3) is 0 Å². The zero-order valence-corrected chi connectivity index (χ0v) is 16.3. The molecule has 2 aliphatic carbocycles. The van der Waals surface area contributed by atoms with Gasteiger partial charge in [0.1, 0.15) is 0 Å². The second kappa shape index (κ2) is 6.15. The quantitative estimate of drug-likeness (QED) is 0.278. The largest absolute Gasteiger partial charge is 0.423 e. The predicted molar refractivity (Wildman–Crippen MR) is 67.8 cm³/mol. The Bertz CT molecular complexity index is 425. The Balaban J connectivity index is 0.00000242. The van der Waals surface area contributed by atoms with E-state index in [9.17, 15) is 26.3 Å². The molecule has 0 amide bonds. The van der Waals surface area contributed by atoms with Gasteiger partial charge >= 0.3 is 12.4 Å². The van der Waals surface area contributed by atoms with E-state index in [-0.39, 0.29) is 38.6 Å². The third kappa shape index (κ3) is 3.49. The molecule has 0 aromatic rings. The maximum absolute atomic E-state index is 13.5. The summed E-state index contributed by atoms with van der Waals surface area (Å²) < 4.78 is 85.9. The first-order valence-electron chi connectivity index (χ1n) is 6.65. The van der Waals surface area contributed by atoms with Crippen LogP contribution in [0.25, 0.3) is 0 Å². The van der Waals surface area contributed by atoms with Gasteiger partial charge in [-0.05, 0) is 25.6 Å². The van der Waals surface area contributed by atoms with Crippen LogP contribution in [0.2, 0.25) is 19.6 Å². The molecular formula is C13H17F6OSiY-. The Kier molecular flexibility index (Phi) is 5.77. The summed E-state index contributed by atoms with van der Waals surface area (Å²) in [6.07, 6.45) is -6.45. The molecule has 0 spiro atoms. The molecule has 3 atom stereocenters. The molecule has 2 aliphatic rings. The van der Waals surface area contributed by atoms with Gasteiger partial charge in [-0.3, -0.25) is 0 Å². The number of hydrogen-bond donors (Lipinski definition) is 0. The minimum atomic E-state index is -5.51. The van der Waals surface area contributed by atoms with Crippen LogP contribution in [-0.2, 0) is 37.1 Å². The summed E-state index contributed by atoms with van der Waals surface area (Å²) in [7, 11) is -3.09. The molecule has 0 saturated heterocycles. The van der Waals surface area contributed by atoms with Crippen molar-refractivity contribution < 1.29 is 63.5 Å². The summed E-state index contributed by atoms with van der Waals surface area (Å²) in [6, 6.07) is 0. The Morgan fingerprint density at radius 3 is 1.77 bits per heavy atom. The molecule has 2 bridgehead atoms. The van der Waals surface area contributed by atoms with Crippen LogP contribution in [0.5, 0.6) is 0 Å². The first-order valence-corrected chi connectivity index (χ1v) is 10.1. The SMILES string of the molecule is C[Si](C)(C)OC(C1[CH-]C2C=CC1C2)(C(F)(F)F)C(F)(F)F.[Y]. The topological polar surface area (TPSA) is 9.23 Å². The molecule has 0 heterocycles. The van der Waals surface area contributed by atoms with Crippen molar-refractivity contribution in [3.8, 4) is 0 Å². The third-order valence-electron chi connectivity index (χ3n) is 3.84. The van der Waals surface area contributed by atoms with Gasteiger partial charge in [-0.15, -0.1) is 17.9 Å². The number of allylic oxidation sites excluding steroid dienone is 2. The summed E-state index contributed by atoms with van der Waals surface area (Å²) in [6.45, 7) is 4.01. The minimum Gasteiger partial charge on any atom is -0.399 e. The first-order chi connectivity index (χ1) is 9.28. The maximum atomic E-state index is 13.5. The first kappa shape index (κ1) is 20.6. The summed E-state index contributed by atoms with van der Waals surface area (Å²) in [5.41, 5.74) is -4.10. The van der Waals surface area contributed by atoms with Gasteiger partial charge in [0.05, 0.1) is 0 Å². The Hall–Kier alpha value is 0.601. The molecule has 0 aromatic heterocycles. The van der Waals surface area contributed by atoms with Gasteiger partial charge in [-0.25, -0.2) is 0 Å². The van der Waals surface area contributed by atoms with Crippen molar-refractivity contribution >= 4 is 8.32 Å². The molecular weight excluding hydrogens is 403 g/mol. The normalized spacial score (nSPS) is 28.9. The third-order valence-corrected chi connectivity index (χ3v) is 4.78. The van der Waals surface area contributed by atoms with E-state index in [0.29, 0.717) is 6.42 Å². The Labute approximate surface area is 151 Å². The number of hydrogen-bond acceptors (Lipinski definition) is 1. The number of fused-ring (bicyclic) bond motifs is 2. The van der Waals surface area contributed by atoms with E-state index < -0.39 is 38.1 Å². The van der Waals surface area contributed by atoms with Crippen molar-refractivity contribution in [3.05, 3.63) is 18.6 Å². The van der Waals surface area contributed by atoms with Crippen molar-refractivity contribution in [2.75, 3.05) is 0 Å². The van der Waals surface area contributed by atoms with E-state index in [1.54, 1.807) is 6.08 Å². The van der Waals surface area contributed by atoms with E-state index >= 15 is 0 Å². The van der Waals surface area contributed by atoms with E-state index in [4.69, 9.17) is 4.43 Å². The summed E-state index contributed by atoms with van der Waals surface area (Å²) in [5.74, 6) is -2.80. The molecule has 1 fully saturated rings. The molecule has 1 radical (unpaired) electrons. The van der Waals surface area contributed by atoms with Crippen LogP contribution in [0.1, 0.15) is 6.42 Å². The van der Waals surface area contributed by atoms with Crippen molar-refractivity contribution in [2.45, 2.75) is 44.0 Å². The van der Waals surface area contributed by atoms with Crippen LogP contribution in [-0.4, -0.2) is 26.3 Å². The molecule has 0 aromatic carbocycles. The van der Waals surface area contributed by atoms with Crippen molar-refractivity contribution in [3.63, 3.8) is 0 Å².